The van der Waals surface area contributed by atoms with Crippen LogP contribution in [-0.2, 0) is 4.79 Å². The number of furan rings is 1. The van der Waals surface area contributed by atoms with Gasteiger partial charge in [-0.25, -0.2) is 0 Å². The van der Waals surface area contributed by atoms with Crippen LogP contribution in [-0.4, -0.2) is 15.8 Å². The molecule has 0 saturated heterocycles. The molecule has 0 radical (unpaired) electrons. The second-order valence-electron chi connectivity index (χ2n) is 6.39. The number of benzene rings is 2. The summed E-state index contributed by atoms with van der Waals surface area (Å²) in [6, 6.07) is 14.5. The topological polar surface area (TPSA) is 152 Å². The Morgan fingerprint density at radius 1 is 1.03 bits per heavy atom. The van der Waals surface area contributed by atoms with E-state index in [0.29, 0.717) is 22.6 Å². The van der Waals surface area contributed by atoms with Crippen molar-refractivity contribution >= 4 is 29.0 Å². The molecule has 1 heterocycles. The Morgan fingerprint density at radius 3 is 2.26 bits per heavy atom. The summed E-state index contributed by atoms with van der Waals surface area (Å²) in [6.45, 7) is 1.71. The Kier molecular flexibility index (Phi) is 5.88. The number of hydrogen-bond donors (Lipinski definition) is 1. The number of non-ortho nitro benzene ring substituents is 2. The van der Waals surface area contributed by atoms with Gasteiger partial charge in [0.25, 0.3) is 17.3 Å². The SMILES string of the molecule is Cc1cc([N+](=O)[O-])ccc1-c1ccc(C=C(C#N)C(=O)Nc2ccc([N+](=O)[O-])cc2)o1. The molecule has 1 N–H and O–H groups in total. The molecule has 0 saturated carbocycles. The maximum absolute atomic E-state index is 12.4. The van der Waals surface area contributed by atoms with Gasteiger partial charge in [0.1, 0.15) is 23.2 Å². The Bertz CT molecular complexity index is 1250. The first-order chi connectivity index (χ1) is 14.8. The number of nitrogens with one attached hydrogen (secondary N) is 1. The van der Waals surface area contributed by atoms with Crippen molar-refractivity contribution in [3.63, 3.8) is 0 Å². The van der Waals surface area contributed by atoms with Gasteiger partial charge in [-0.3, -0.25) is 25.0 Å². The highest BCUT2D eigenvalue weighted by Crippen LogP contribution is 2.29. The van der Waals surface area contributed by atoms with Crippen molar-refractivity contribution in [1.82, 2.24) is 0 Å². The van der Waals surface area contributed by atoms with Crippen LogP contribution in [0.1, 0.15) is 11.3 Å². The summed E-state index contributed by atoms with van der Waals surface area (Å²) in [4.78, 5) is 32.9. The number of nitriles is 1. The predicted molar refractivity (Wildman–Crippen MR) is 111 cm³/mol. The van der Waals surface area contributed by atoms with Crippen LogP contribution >= 0.6 is 0 Å². The van der Waals surface area contributed by atoms with E-state index in [-0.39, 0.29) is 22.7 Å². The molecule has 0 aliphatic carbocycles. The lowest BCUT2D eigenvalue weighted by molar-refractivity contribution is -0.385. The first-order valence-electron chi connectivity index (χ1n) is 8.81. The molecule has 2 aromatic carbocycles. The average molecular weight is 418 g/mol. The summed E-state index contributed by atoms with van der Waals surface area (Å²) in [6.07, 6.45) is 1.25. The number of amides is 1. The Labute approximate surface area is 175 Å². The molecule has 0 atom stereocenters. The maximum Gasteiger partial charge on any atom is 0.269 e. The zero-order valence-corrected chi connectivity index (χ0v) is 16.1. The van der Waals surface area contributed by atoms with Crippen LogP contribution in [0.15, 0.2) is 64.6 Å². The van der Waals surface area contributed by atoms with Crippen molar-refractivity contribution in [3.8, 4) is 17.4 Å². The van der Waals surface area contributed by atoms with Crippen LogP contribution < -0.4 is 5.32 Å². The van der Waals surface area contributed by atoms with Crippen molar-refractivity contribution in [3.05, 3.63) is 91.7 Å². The normalized spacial score (nSPS) is 10.9. The van der Waals surface area contributed by atoms with Gasteiger partial charge in [-0.15, -0.1) is 0 Å². The van der Waals surface area contributed by atoms with E-state index in [2.05, 4.69) is 5.32 Å². The first kappa shape index (κ1) is 20.9. The minimum Gasteiger partial charge on any atom is -0.457 e. The van der Waals surface area contributed by atoms with Gasteiger partial charge in [0, 0.05) is 41.6 Å². The Balaban J connectivity index is 1.79. The third-order valence-electron chi connectivity index (χ3n) is 4.30. The van der Waals surface area contributed by atoms with Gasteiger partial charge >= 0.3 is 0 Å². The van der Waals surface area contributed by atoms with E-state index in [1.54, 1.807) is 31.2 Å². The molecular formula is C21H14N4O6. The van der Waals surface area contributed by atoms with Gasteiger partial charge in [-0.2, -0.15) is 5.26 Å². The molecule has 0 aliphatic heterocycles. The molecule has 154 valence electrons. The van der Waals surface area contributed by atoms with Crippen LogP contribution in [0.2, 0.25) is 0 Å². The zero-order chi connectivity index (χ0) is 22.5. The number of hydrogen-bond acceptors (Lipinski definition) is 7. The molecule has 0 unspecified atom stereocenters. The third-order valence-corrected chi connectivity index (χ3v) is 4.30. The lowest BCUT2D eigenvalue weighted by Gasteiger charge is -2.04. The molecule has 10 heteroatoms. The highest BCUT2D eigenvalue weighted by Gasteiger charge is 2.14. The van der Waals surface area contributed by atoms with Crippen LogP contribution in [0.3, 0.4) is 0 Å². The number of anilines is 1. The van der Waals surface area contributed by atoms with E-state index < -0.39 is 15.8 Å². The standard InChI is InChI=1S/C21H14N4O6/c1-13-10-17(25(29)30)6-8-19(13)20-9-7-18(31-20)11-14(12-22)21(26)23-15-2-4-16(5-3-15)24(27)28/h2-11H,1H3,(H,23,26). The van der Waals surface area contributed by atoms with Gasteiger partial charge in [0.15, 0.2) is 0 Å². The smallest absolute Gasteiger partial charge is 0.269 e. The molecule has 10 nitrogen and oxygen atoms in total. The molecule has 3 rings (SSSR count). The highest BCUT2D eigenvalue weighted by atomic mass is 16.6. The lowest BCUT2D eigenvalue weighted by atomic mass is 10.1. The van der Waals surface area contributed by atoms with E-state index >= 15 is 0 Å². The molecule has 0 bridgehead atoms. The van der Waals surface area contributed by atoms with E-state index in [1.165, 1.54) is 42.5 Å². The molecule has 1 aromatic heterocycles. The minimum absolute atomic E-state index is 0.0393. The van der Waals surface area contributed by atoms with Crippen molar-refractivity contribution in [1.29, 1.82) is 5.26 Å². The molecule has 31 heavy (non-hydrogen) atoms. The van der Waals surface area contributed by atoms with Gasteiger partial charge < -0.3 is 9.73 Å². The molecule has 0 aliphatic rings. The van der Waals surface area contributed by atoms with E-state index in [4.69, 9.17) is 4.42 Å². The summed E-state index contributed by atoms with van der Waals surface area (Å²) in [7, 11) is 0. The summed E-state index contributed by atoms with van der Waals surface area (Å²) in [5, 5.41) is 33.4. The number of aryl methyl sites for hydroxylation is 1. The van der Waals surface area contributed by atoms with Crippen molar-refractivity contribution in [2.45, 2.75) is 6.92 Å². The predicted octanol–water partition coefficient (Wildman–Crippen LogP) is 4.62. The van der Waals surface area contributed by atoms with Crippen molar-refractivity contribution in [2.75, 3.05) is 5.32 Å². The lowest BCUT2D eigenvalue weighted by Crippen LogP contribution is -2.13. The molecule has 0 spiro atoms. The van der Waals surface area contributed by atoms with Crippen molar-refractivity contribution < 1.29 is 19.1 Å². The number of rotatable bonds is 6. The number of carbonyl (C=O) groups excluding carboxylic acids is 1. The van der Waals surface area contributed by atoms with E-state index in [9.17, 15) is 30.3 Å². The molecule has 3 aromatic rings. The molecule has 1 amide bonds. The molecule has 0 fully saturated rings. The van der Waals surface area contributed by atoms with Gasteiger partial charge in [-0.1, -0.05) is 0 Å². The largest absolute Gasteiger partial charge is 0.457 e. The molecular weight excluding hydrogens is 404 g/mol. The Morgan fingerprint density at radius 2 is 1.68 bits per heavy atom. The average Bonchev–Trinajstić information content (AvgIpc) is 3.20. The van der Waals surface area contributed by atoms with Crippen LogP contribution in [0, 0.1) is 38.5 Å². The summed E-state index contributed by atoms with van der Waals surface area (Å²) in [5.41, 5.74) is 1.16. The van der Waals surface area contributed by atoms with Crippen LogP contribution in [0.5, 0.6) is 0 Å². The van der Waals surface area contributed by atoms with E-state index in [1.807, 2.05) is 0 Å². The maximum atomic E-state index is 12.4. The minimum atomic E-state index is -0.708. The fourth-order valence-corrected chi connectivity index (χ4v) is 2.77. The fraction of sp³-hybridized carbons (Fsp3) is 0.0476. The highest BCUT2D eigenvalue weighted by molar-refractivity contribution is 6.09. The van der Waals surface area contributed by atoms with E-state index in [0.717, 1.165) is 0 Å². The third kappa shape index (κ3) is 4.80. The quantitative estimate of drug-likeness (QED) is 0.265. The summed E-state index contributed by atoms with van der Waals surface area (Å²) in [5.74, 6) is -0.0457. The second-order valence-corrected chi connectivity index (χ2v) is 6.39. The summed E-state index contributed by atoms with van der Waals surface area (Å²) >= 11 is 0. The van der Waals surface area contributed by atoms with Crippen LogP contribution in [0.4, 0.5) is 17.1 Å². The number of nitro groups is 2. The first-order valence-corrected chi connectivity index (χ1v) is 8.81. The monoisotopic (exact) mass is 418 g/mol. The van der Waals surface area contributed by atoms with Gasteiger partial charge in [0.2, 0.25) is 0 Å². The zero-order valence-electron chi connectivity index (χ0n) is 16.1. The number of carbonyl (C=O) groups is 1. The van der Waals surface area contributed by atoms with Gasteiger partial charge in [-0.05, 0) is 42.8 Å². The summed E-state index contributed by atoms with van der Waals surface area (Å²) < 4.78 is 5.67. The number of nitro benzene ring substituents is 2. The second kappa shape index (κ2) is 8.71. The van der Waals surface area contributed by atoms with Gasteiger partial charge in [0.05, 0.1) is 9.85 Å². The van der Waals surface area contributed by atoms with Crippen molar-refractivity contribution in [2.24, 2.45) is 0 Å². The fourth-order valence-electron chi connectivity index (χ4n) is 2.77. The van der Waals surface area contributed by atoms with Crippen LogP contribution in [0.25, 0.3) is 17.4 Å². The number of nitrogens with zero attached hydrogens (tertiary/aromatic N) is 3. The Hall–Kier alpha value is -4.78.